The Hall–Kier alpha value is -2.14. The van der Waals surface area contributed by atoms with Gasteiger partial charge in [0.2, 0.25) is 5.95 Å². The van der Waals surface area contributed by atoms with Gasteiger partial charge in [-0.15, -0.1) is 11.3 Å². The molecule has 1 aromatic carbocycles. The number of para-hydroxylation sites is 2. The molecule has 0 spiro atoms. The van der Waals surface area contributed by atoms with E-state index in [1.54, 1.807) is 11.3 Å². The zero-order chi connectivity index (χ0) is 13.1. The van der Waals surface area contributed by atoms with Crippen molar-refractivity contribution < 1.29 is 0 Å². The van der Waals surface area contributed by atoms with Gasteiger partial charge in [0, 0.05) is 0 Å². The number of hydrogen-bond donors (Lipinski definition) is 2. The molecule has 0 aliphatic heterocycles. The number of aromatic nitrogens is 2. The smallest absolute Gasteiger partial charge is 0.222 e. The Bertz CT molecular complexity index is 664. The number of rotatable bonds is 4. The van der Waals surface area contributed by atoms with E-state index < -0.39 is 0 Å². The summed E-state index contributed by atoms with van der Waals surface area (Å²) in [5.41, 5.74) is 5.99. The first-order valence-corrected chi connectivity index (χ1v) is 7.06. The highest BCUT2D eigenvalue weighted by Gasteiger charge is 2.04. The van der Waals surface area contributed by atoms with Crippen molar-refractivity contribution in [1.29, 1.82) is 0 Å². The van der Waals surface area contributed by atoms with Gasteiger partial charge in [-0.3, -0.25) is 0 Å². The minimum absolute atomic E-state index is 0.670. The SMILES string of the molecule is CC/C(=N/Nc1nc2ccccc2[nH]1)c1cccs1. The molecule has 2 heterocycles. The molecule has 0 unspecified atom stereocenters. The van der Waals surface area contributed by atoms with Gasteiger partial charge in [-0.05, 0) is 30.0 Å². The lowest BCUT2D eigenvalue weighted by Crippen LogP contribution is -2.01. The molecule has 4 nitrogen and oxygen atoms in total. The van der Waals surface area contributed by atoms with Gasteiger partial charge in [-0.2, -0.15) is 5.10 Å². The van der Waals surface area contributed by atoms with E-state index in [4.69, 9.17) is 0 Å². The average Bonchev–Trinajstić information content (AvgIpc) is 3.08. The number of nitrogens with one attached hydrogen (secondary N) is 2. The number of aromatic amines is 1. The van der Waals surface area contributed by atoms with Crippen LogP contribution in [-0.2, 0) is 0 Å². The molecule has 19 heavy (non-hydrogen) atoms. The Balaban J connectivity index is 1.84. The topological polar surface area (TPSA) is 53.1 Å². The average molecular weight is 270 g/mol. The van der Waals surface area contributed by atoms with E-state index in [2.05, 4.69) is 38.9 Å². The van der Waals surface area contributed by atoms with Crippen molar-refractivity contribution in [1.82, 2.24) is 9.97 Å². The maximum Gasteiger partial charge on any atom is 0.222 e. The first kappa shape index (κ1) is 11.9. The molecule has 2 aromatic heterocycles. The highest BCUT2D eigenvalue weighted by molar-refractivity contribution is 7.12. The van der Waals surface area contributed by atoms with Crippen LogP contribution in [0.2, 0.25) is 0 Å². The Morgan fingerprint density at radius 3 is 2.95 bits per heavy atom. The number of imidazole rings is 1. The number of hydrazone groups is 1. The van der Waals surface area contributed by atoms with Gasteiger partial charge in [0.15, 0.2) is 0 Å². The third-order valence-electron chi connectivity index (χ3n) is 2.83. The quantitative estimate of drug-likeness (QED) is 0.559. The van der Waals surface area contributed by atoms with Gasteiger partial charge >= 0.3 is 0 Å². The van der Waals surface area contributed by atoms with Gasteiger partial charge < -0.3 is 4.98 Å². The number of nitrogens with zero attached hydrogens (tertiary/aromatic N) is 2. The van der Waals surface area contributed by atoms with E-state index in [-0.39, 0.29) is 0 Å². The molecular formula is C14H14N4S. The van der Waals surface area contributed by atoms with E-state index in [1.165, 1.54) is 4.88 Å². The second-order valence-electron chi connectivity index (χ2n) is 4.10. The summed E-state index contributed by atoms with van der Waals surface area (Å²) in [7, 11) is 0. The van der Waals surface area contributed by atoms with Gasteiger partial charge in [0.05, 0.1) is 21.6 Å². The zero-order valence-electron chi connectivity index (χ0n) is 10.6. The Labute approximate surface area is 115 Å². The molecule has 5 heteroatoms. The maximum absolute atomic E-state index is 4.43. The summed E-state index contributed by atoms with van der Waals surface area (Å²) in [6.07, 6.45) is 0.883. The number of benzene rings is 1. The highest BCUT2D eigenvalue weighted by Crippen LogP contribution is 2.15. The number of H-pyrrole nitrogens is 1. The van der Waals surface area contributed by atoms with Crippen LogP contribution in [-0.4, -0.2) is 15.7 Å². The van der Waals surface area contributed by atoms with Crippen LogP contribution in [0.3, 0.4) is 0 Å². The van der Waals surface area contributed by atoms with E-state index in [9.17, 15) is 0 Å². The molecule has 3 aromatic rings. The molecule has 0 saturated heterocycles. The number of anilines is 1. The normalized spacial score (nSPS) is 11.9. The van der Waals surface area contributed by atoms with Crippen LogP contribution in [0.25, 0.3) is 11.0 Å². The molecule has 2 N–H and O–H groups in total. The van der Waals surface area contributed by atoms with Crippen LogP contribution in [0.4, 0.5) is 5.95 Å². The second-order valence-corrected chi connectivity index (χ2v) is 5.05. The minimum Gasteiger partial charge on any atom is -0.323 e. The summed E-state index contributed by atoms with van der Waals surface area (Å²) in [6.45, 7) is 2.10. The largest absolute Gasteiger partial charge is 0.323 e. The zero-order valence-corrected chi connectivity index (χ0v) is 11.4. The third-order valence-corrected chi connectivity index (χ3v) is 3.75. The molecule has 0 fully saturated rings. The van der Waals surface area contributed by atoms with E-state index in [1.807, 2.05) is 30.3 Å². The van der Waals surface area contributed by atoms with E-state index in [0.29, 0.717) is 5.95 Å². The fourth-order valence-corrected chi connectivity index (χ4v) is 2.66. The summed E-state index contributed by atoms with van der Waals surface area (Å²) >= 11 is 1.69. The Morgan fingerprint density at radius 1 is 1.32 bits per heavy atom. The van der Waals surface area contributed by atoms with Crippen LogP contribution in [0.1, 0.15) is 18.2 Å². The lowest BCUT2D eigenvalue weighted by atomic mass is 10.2. The van der Waals surface area contributed by atoms with E-state index in [0.717, 1.165) is 23.2 Å². The lowest BCUT2D eigenvalue weighted by Gasteiger charge is -2.00. The number of fused-ring (bicyclic) bond motifs is 1. The minimum atomic E-state index is 0.670. The molecule has 0 saturated carbocycles. The van der Waals surface area contributed by atoms with Gasteiger partial charge in [-0.1, -0.05) is 25.1 Å². The maximum atomic E-state index is 4.43. The summed E-state index contributed by atoms with van der Waals surface area (Å²) < 4.78 is 0. The number of hydrogen-bond acceptors (Lipinski definition) is 4. The molecule has 0 aliphatic rings. The molecule has 0 bridgehead atoms. The lowest BCUT2D eigenvalue weighted by molar-refractivity contribution is 1.17. The molecule has 0 radical (unpaired) electrons. The van der Waals surface area contributed by atoms with Gasteiger partial charge in [0.1, 0.15) is 0 Å². The van der Waals surface area contributed by atoms with Crippen LogP contribution in [0.5, 0.6) is 0 Å². The molecule has 0 amide bonds. The van der Waals surface area contributed by atoms with Crippen LogP contribution < -0.4 is 5.43 Å². The standard InChI is InChI=1S/C14H14N4S/c1-2-10(13-8-5-9-19-13)17-18-14-15-11-6-3-4-7-12(11)16-14/h3-9H,2H2,1H3,(H2,15,16,18)/b17-10-. The van der Waals surface area contributed by atoms with Gasteiger partial charge in [-0.25, -0.2) is 10.4 Å². The second kappa shape index (κ2) is 5.24. The van der Waals surface area contributed by atoms with Crippen LogP contribution in [0.15, 0.2) is 46.9 Å². The number of thiophene rings is 1. The summed E-state index contributed by atoms with van der Waals surface area (Å²) in [5, 5.41) is 6.49. The summed E-state index contributed by atoms with van der Waals surface area (Å²) in [6, 6.07) is 12.0. The molecule has 0 atom stereocenters. The monoisotopic (exact) mass is 270 g/mol. The fraction of sp³-hybridized carbons (Fsp3) is 0.143. The molecule has 0 aliphatic carbocycles. The highest BCUT2D eigenvalue weighted by atomic mass is 32.1. The van der Waals surface area contributed by atoms with Crippen LogP contribution in [0, 0.1) is 0 Å². The van der Waals surface area contributed by atoms with Crippen molar-refractivity contribution in [3.8, 4) is 0 Å². The predicted molar refractivity (Wildman–Crippen MR) is 80.9 cm³/mol. The van der Waals surface area contributed by atoms with Crippen molar-refractivity contribution in [2.24, 2.45) is 5.10 Å². The third kappa shape index (κ3) is 2.51. The summed E-state index contributed by atoms with van der Waals surface area (Å²) in [4.78, 5) is 8.81. The van der Waals surface area contributed by atoms with Crippen molar-refractivity contribution in [2.75, 3.05) is 5.43 Å². The first-order valence-electron chi connectivity index (χ1n) is 6.18. The Morgan fingerprint density at radius 2 is 2.21 bits per heavy atom. The first-order chi connectivity index (χ1) is 9.36. The van der Waals surface area contributed by atoms with Crippen LogP contribution >= 0.6 is 11.3 Å². The molecule has 96 valence electrons. The van der Waals surface area contributed by atoms with Gasteiger partial charge in [0.25, 0.3) is 0 Å². The fourth-order valence-electron chi connectivity index (χ4n) is 1.88. The predicted octanol–water partition coefficient (Wildman–Crippen LogP) is 3.85. The Kier molecular flexibility index (Phi) is 3.29. The van der Waals surface area contributed by atoms with E-state index >= 15 is 0 Å². The van der Waals surface area contributed by atoms with Crippen molar-refractivity contribution in [3.63, 3.8) is 0 Å². The van der Waals surface area contributed by atoms with Crippen molar-refractivity contribution in [2.45, 2.75) is 13.3 Å². The molecule has 3 rings (SSSR count). The van der Waals surface area contributed by atoms with Crippen molar-refractivity contribution in [3.05, 3.63) is 46.7 Å². The summed E-state index contributed by atoms with van der Waals surface area (Å²) in [5.74, 6) is 0.670. The van der Waals surface area contributed by atoms with Crippen molar-refractivity contribution >= 4 is 34.0 Å². The molecular weight excluding hydrogens is 256 g/mol.